The van der Waals surface area contributed by atoms with E-state index < -0.39 is 23.7 Å². The van der Waals surface area contributed by atoms with Crippen LogP contribution >= 0.6 is 11.6 Å². The van der Waals surface area contributed by atoms with Crippen molar-refractivity contribution >= 4 is 41.5 Å². The molecule has 0 bridgehead atoms. The summed E-state index contributed by atoms with van der Waals surface area (Å²) in [4.78, 5) is 44.0. The van der Waals surface area contributed by atoms with Gasteiger partial charge in [-0.1, -0.05) is 25.7 Å². The number of nitrogens with zero attached hydrogens (tertiary/aromatic N) is 4. The van der Waals surface area contributed by atoms with E-state index in [1.165, 1.54) is 7.05 Å². The molecule has 1 saturated heterocycles. The van der Waals surface area contributed by atoms with Crippen LogP contribution in [0.5, 0.6) is 0 Å². The molecule has 4 N–H and O–H groups in total. The Bertz CT molecular complexity index is 917. The van der Waals surface area contributed by atoms with Crippen LogP contribution in [-0.4, -0.2) is 71.7 Å². The number of hydroxylamine groups is 2. The second kappa shape index (κ2) is 11.2. The fourth-order valence-corrected chi connectivity index (χ4v) is 5.26. The number of hydrogen-bond donors (Lipinski definition) is 4. The smallest absolute Gasteiger partial charge is 0.278 e. The van der Waals surface area contributed by atoms with E-state index in [2.05, 4.69) is 26.1 Å². The van der Waals surface area contributed by atoms with Crippen LogP contribution in [0.2, 0.25) is 5.28 Å². The largest absolute Gasteiger partial charge is 0.354 e. The van der Waals surface area contributed by atoms with Gasteiger partial charge in [-0.2, -0.15) is 14.4 Å². The predicted molar refractivity (Wildman–Crippen MR) is 123 cm³/mol. The van der Waals surface area contributed by atoms with Crippen LogP contribution in [0.4, 0.5) is 16.0 Å². The zero-order valence-corrected chi connectivity index (χ0v) is 20.1. The summed E-state index contributed by atoms with van der Waals surface area (Å²) in [5.41, 5.74) is 4.91. The van der Waals surface area contributed by atoms with Gasteiger partial charge in [0.15, 0.2) is 11.9 Å². The van der Waals surface area contributed by atoms with E-state index in [-0.39, 0.29) is 40.3 Å². The molecule has 3 amide bonds. The normalized spacial score (nSPS) is 23.4. The number of hydrazine groups is 1. The van der Waals surface area contributed by atoms with Crippen molar-refractivity contribution in [1.82, 2.24) is 30.3 Å². The van der Waals surface area contributed by atoms with Crippen LogP contribution in [0.15, 0.2) is 0 Å². The van der Waals surface area contributed by atoms with Gasteiger partial charge < -0.3 is 5.32 Å². The Labute approximate surface area is 202 Å². The van der Waals surface area contributed by atoms with Gasteiger partial charge in [0.25, 0.3) is 11.7 Å². The minimum atomic E-state index is -0.827. The maximum atomic E-state index is 15.5. The number of amides is 3. The fraction of sp³-hybridized carbons (Fsp3) is 0.667. The lowest BCUT2D eigenvalue weighted by molar-refractivity contribution is -0.154. The SMILES string of the molecule is CNC(=O)[C@@H]1CCC[N+]1(C)c1nc(Cl)nc(NNC(=O)[C@H](CC2CCCC2)CN(O)C=O)c1F. The molecule has 0 radical (unpaired) electrons. The molecule has 0 aromatic carbocycles. The zero-order chi connectivity index (χ0) is 24.9. The van der Waals surface area contributed by atoms with Crippen molar-refractivity contribution in [3.8, 4) is 0 Å². The van der Waals surface area contributed by atoms with E-state index >= 15 is 4.39 Å². The molecule has 2 heterocycles. The van der Waals surface area contributed by atoms with Crippen LogP contribution < -0.4 is 20.7 Å². The zero-order valence-electron chi connectivity index (χ0n) is 19.4. The molecular weight excluding hydrogens is 469 g/mol. The summed E-state index contributed by atoms with van der Waals surface area (Å²) in [6, 6.07) is -0.539. The summed E-state index contributed by atoms with van der Waals surface area (Å²) in [6.45, 7) is 0.296. The second-order valence-electron chi connectivity index (χ2n) is 9.17. The standard InChI is InChI=1S/C21H31ClFN7O4/c1-24-20(33)15-8-5-9-30(15,2)18-16(23)17(25-21(22)26-18)27-28-19(32)14(11-29(34)12-31)10-13-6-3-4-7-13/h12-15,34H,3-11H2,1-2H3,(H2-,24,25,26,27,28,32,33)/p+1/t14-,15+,30?/m1/s1. The first kappa shape index (κ1) is 26.0. The monoisotopic (exact) mass is 500 g/mol. The van der Waals surface area contributed by atoms with E-state index in [1.807, 2.05) is 0 Å². The van der Waals surface area contributed by atoms with Gasteiger partial charge in [0.2, 0.25) is 23.4 Å². The van der Waals surface area contributed by atoms with Crippen LogP contribution in [0.1, 0.15) is 44.9 Å². The maximum Gasteiger partial charge on any atom is 0.278 e. The Morgan fingerprint density at radius 3 is 2.65 bits per heavy atom. The second-order valence-corrected chi connectivity index (χ2v) is 9.51. The van der Waals surface area contributed by atoms with E-state index in [9.17, 15) is 19.6 Å². The first-order valence-corrected chi connectivity index (χ1v) is 11.8. The van der Waals surface area contributed by atoms with Crippen molar-refractivity contribution < 1.29 is 24.0 Å². The van der Waals surface area contributed by atoms with Crippen molar-refractivity contribution in [1.29, 1.82) is 0 Å². The molecule has 2 aliphatic rings. The summed E-state index contributed by atoms with van der Waals surface area (Å²) >= 11 is 6.07. The quantitative estimate of drug-likeness (QED) is 0.126. The van der Waals surface area contributed by atoms with Crippen LogP contribution in [0.3, 0.4) is 0 Å². The third-order valence-electron chi connectivity index (χ3n) is 6.92. The van der Waals surface area contributed by atoms with Crippen LogP contribution in [-0.2, 0) is 14.4 Å². The van der Waals surface area contributed by atoms with Crippen molar-refractivity contribution in [2.45, 2.75) is 51.0 Å². The van der Waals surface area contributed by atoms with Gasteiger partial charge in [-0.25, -0.2) is 5.06 Å². The summed E-state index contributed by atoms with van der Waals surface area (Å²) in [5.74, 6) is -2.34. The Hall–Kier alpha value is -2.57. The number of carbonyl (C=O) groups excluding carboxylic acids is 3. The van der Waals surface area contributed by atoms with Gasteiger partial charge in [-0.05, 0) is 23.9 Å². The Balaban J connectivity index is 1.78. The molecule has 0 spiro atoms. The number of likely N-dealkylation sites (N-methyl/N-ethyl adjacent to an activating group) is 2. The number of nitrogens with one attached hydrogen (secondary N) is 3. The maximum absolute atomic E-state index is 15.5. The molecule has 3 atom stereocenters. The predicted octanol–water partition coefficient (Wildman–Crippen LogP) is 1.60. The number of anilines is 1. The average molecular weight is 501 g/mol. The third-order valence-corrected chi connectivity index (χ3v) is 7.09. The molecule has 188 valence electrons. The number of likely N-dealkylation sites (tertiary alicyclic amines) is 1. The van der Waals surface area contributed by atoms with E-state index in [0.717, 1.165) is 25.7 Å². The lowest BCUT2D eigenvalue weighted by Crippen LogP contribution is -2.56. The van der Waals surface area contributed by atoms with Gasteiger partial charge in [0.05, 0.1) is 26.1 Å². The highest BCUT2D eigenvalue weighted by Gasteiger charge is 2.48. The van der Waals surface area contributed by atoms with E-state index in [4.69, 9.17) is 11.6 Å². The summed E-state index contributed by atoms with van der Waals surface area (Å²) in [6.07, 6.45) is 6.10. The molecule has 1 aromatic heterocycles. The molecule has 13 heteroatoms. The summed E-state index contributed by atoms with van der Waals surface area (Å²) in [7, 11) is 3.24. The minimum absolute atomic E-state index is 0.0483. The molecule has 11 nitrogen and oxygen atoms in total. The number of rotatable bonds is 10. The minimum Gasteiger partial charge on any atom is -0.354 e. The molecule has 1 aliphatic heterocycles. The van der Waals surface area contributed by atoms with Gasteiger partial charge in [-0.3, -0.25) is 34.9 Å². The number of halogens is 2. The first-order valence-electron chi connectivity index (χ1n) is 11.5. The van der Waals surface area contributed by atoms with Crippen molar-refractivity contribution in [3.05, 3.63) is 11.1 Å². The van der Waals surface area contributed by atoms with Gasteiger partial charge >= 0.3 is 0 Å². The molecule has 2 fully saturated rings. The summed E-state index contributed by atoms with van der Waals surface area (Å²) in [5, 5.41) is 12.4. The summed E-state index contributed by atoms with van der Waals surface area (Å²) < 4.78 is 15.4. The topological polar surface area (TPSA) is 137 Å². The molecule has 34 heavy (non-hydrogen) atoms. The molecule has 1 aromatic rings. The molecule has 1 saturated carbocycles. The van der Waals surface area contributed by atoms with Gasteiger partial charge in [0.1, 0.15) is 0 Å². The molecule has 1 aliphatic carbocycles. The number of quaternary nitrogens is 1. The average Bonchev–Trinajstić information content (AvgIpc) is 3.48. The Morgan fingerprint density at radius 1 is 1.29 bits per heavy atom. The van der Waals surface area contributed by atoms with E-state index in [0.29, 0.717) is 36.8 Å². The molecule has 1 unspecified atom stereocenters. The first-order chi connectivity index (χ1) is 16.2. The lowest BCUT2D eigenvalue weighted by Gasteiger charge is -2.33. The van der Waals surface area contributed by atoms with E-state index in [1.54, 1.807) is 7.05 Å². The third kappa shape index (κ3) is 5.73. The number of carbonyl (C=O) groups is 3. The fourth-order valence-electron chi connectivity index (χ4n) is 5.10. The van der Waals surface area contributed by atoms with Crippen molar-refractivity contribution in [2.24, 2.45) is 11.8 Å². The van der Waals surface area contributed by atoms with Crippen LogP contribution in [0.25, 0.3) is 0 Å². The highest BCUT2D eigenvalue weighted by Crippen LogP contribution is 2.36. The number of hydrogen-bond acceptors (Lipinski definition) is 7. The Morgan fingerprint density at radius 2 is 2.00 bits per heavy atom. The lowest BCUT2D eigenvalue weighted by atomic mass is 9.92. The van der Waals surface area contributed by atoms with Gasteiger partial charge in [0, 0.05) is 19.9 Å². The van der Waals surface area contributed by atoms with Crippen molar-refractivity contribution in [3.63, 3.8) is 0 Å². The Kier molecular flexibility index (Phi) is 8.61. The van der Waals surface area contributed by atoms with Gasteiger partial charge in [-0.15, -0.1) is 0 Å². The number of aromatic nitrogens is 2. The molecule has 3 rings (SSSR count). The van der Waals surface area contributed by atoms with Crippen LogP contribution in [0, 0.1) is 17.7 Å². The molecular formula is C21H32ClFN7O4+. The highest BCUT2D eigenvalue weighted by atomic mass is 35.5. The highest BCUT2D eigenvalue weighted by molar-refractivity contribution is 6.28. The van der Waals surface area contributed by atoms with Crippen molar-refractivity contribution in [2.75, 3.05) is 32.6 Å².